The maximum atomic E-state index is 12.3. The van der Waals surface area contributed by atoms with E-state index in [0.717, 1.165) is 32.5 Å². The number of ether oxygens (including phenoxy) is 2. The quantitative estimate of drug-likeness (QED) is 0.785. The van der Waals surface area contributed by atoms with Crippen LogP contribution in [0.3, 0.4) is 0 Å². The van der Waals surface area contributed by atoms with Crippen molar-refractivity contribution in [2.75, 3.05) is 19.8 Å². The van der Waals surface area contributed by atoms with E-state index in [9.17, 15) is 4.79 Å². The Morgan fingerprint density at radius 2 is 1.91 bits per heavy atom. The Balaban J connectivity index is 1.32. The average molecular weight is 303 g/mol. The number of fused-ring (bicyclic) bond motifs is 2. The van der Waals surface area contributed by atoms with Gasteiger partial charge in [-0.25, -0.2) is 0 Å². The first-order chi connectivity index (χ1) is 10.8. The Morgan fingerprint density at radius 3 is 2.64 bits per heavy atom. The molecule has 3 rings (SSSR count). The van der Waals surface area contributed by atoms with E-state index in [1.54, 1.807) is 0 Å². The molecular weight excluding hydrogens is 278 g/mol. The third-order valence-corrected chi connectivity index (χ3v) is 4.53. The molecule has 22 heavy (non-hydrogen) atoms. The van der Waals surface area contributed by atoms with Gasteiger partial charge in [0.1, 0.15) is 5.78 Å². The number of carbonyl (C=O) groups excluding carboxylic acids is 1. The highest BCUT2D eigenvalue weighted by Crippen LogP contribution is 2.25. The molecule has 0 spiro atoms. The summed E-state index contributed by atoms with van der Waals surface area (Å²) in [6.07, 6.45) is 3.32. The lowest BCUT2D eigenvalue weighted by atomic mass is 9.83. The SMILES string of the molecule is O=C(CCCOCc1ccccc1)C1CC2COCC(C1)N2. The standard InChI is InChI=1S/C18H25NO3/c20-18(15-9-16-12-22-13-17(10-15)19-16)7-4-8-21-11-14-5-2-1-3-6-14/h1-3,5-6,15-17,19H,4,7-13H2. The summed E-state index contributed by atoms with van der Waals surface area (Å²) >= 11 is 0. The maximum Gasteiger partial charge on any atom is 0.136 e. The molecule has 2 unspecified atom stereocenters. The first-order valence-electron chi connectivity index (χ1n) is 8.29. The van der Waals surface area contributed by atoms with Crippen LogP contribution in [0.1, 0.15) is 31.2 Å². The highest BCUT2D eigenvalue weighted by Gasteiger charge is 2.34. The van der Waals surface area contributed by atoms with E-state index in [1.165, 1.54) is 5.56 Å². The highest BCUT2D eigenvalue weighted by molar-refractivity contribution is 5.81. The smallest absolute Gasteiger partial charge is 0.136 e. The van der Waals surface area contributed by atoms with Crippen molar-refractivity contribution in [3.05, 3.63) is 35.9 Å². The van der Waals surface area contributed by atoms with E-state index in [2.05, 4.69) is 17.4 Å². The lowest BCUT2D eigenvalue weighted by molar-refractivity contribution is -0.126. The fraction of sp³-hybridized carbons (Fsp3) is 0.611. The molecule has 0 aliphatic carbocycles. The molecule has 2 fully saturated rings. The van der Waals surface area contributed by atoms with Crippen LogP contribution in [0.4, 0.5) is 0 Å². The van der Waals surface area contributed by atoms with Crippen molar-refractivity contribution in [3.63, 3.8) is 0 Å². The fourth-order valence-electron chi connectivity index (χ4n) is 3.42. The molecule has 1 aromatic carbocycles. The average Bonchev–Trinajstić information content (AvgIpc) is 2.55. The van der Waals surface area contributed by atoms with Crippen molar-refractivity contribution < 1.29 is 14.3 Å². The Morgan fingerprint density at radius 1 is 1.18 bits per heavy atom. The predicted octanol–water partition coefficient (Wildman–Crippen LogP) is 2.32. The number of carbonyl (C=O) groups is 1. The van der Waals surface area contributed by atoms with Gasteiger partial charge in [-0.15, -0.1) is 0 Å². The molecule has 1 N–H and O–H groups in total. The Bertz CT molecular complexity index is 464. The van der Waals surface area contributed by atoms with Crippen LogP contribution >= 0.6 is 0 Å². The molecule has 0 saturated carbocycles. The highest BCUT2D eigenvalue weighted by atomic mass is 16.5. The number of ketones is 1. The summed E-state index contributed by atoms with van der Waals surface area (Å²) in [5.74, 6) is 0.621. The van der Waals surface area contributed by atoms with Gasteiger partial charge in [0.15, 0.2) is 0 Å². The molecule has 2 saturated heterocycles. The minimum atomic E-state index is 0.217. The van der Waals surface area contributed by atoms with Crippen LogP contribution in [0, 0.1) is 5.92 Å². The van der Waals surface area contributed by atoms with Gasteiger partial charge >= 0.3 is 0 Å². The number of morpholine rings is 1. The molecule has 0 radical (unpaired) electrons. The summed E-state index contributed by atoms with van der Waals surface area (Å²) in [5.41, 5.74) is 1.18. The summed E-state index contributed by atoms with van der Waals surface area (Å²) in [7, 11) is 0. The van der Waals surface area contributed by atoms with Gasteiger partial charge in [-0.1, -0.05) is 30.3 Å². The topological polar surface area (TPSA) is 47.6 Å². The minimum Gasteiger partial charge on any atom is -0.378 e. The monoisotopic (exact) mass is 303 g/mol. The van der Waals surface area contributed by atoms with Crippen LogP contribution in [0.5, 0.6) is 0 Å². The van der Waals surface area contributed by atoms with Crippen LogP contribution in [-0.4, -0.2) is 37.7 Å². The largest absolute Gasteiger partial charge is 0.378 e. The molecule has 0 amide bonds. The molecule has 2 atom stereocenters. The summed E-state index contributed by atoms with van der Waals surface area (Å²) < 4.78 is 11.2. The second-order valence-electron chi connectivity index (χ2n) is 6.37. The van der Waals surface area contributed by atoms with Gasteiger partial charge in [0.25, 0.3) is 0 Å². The van der Waals surface area contributed by atoms with Crippen molar-refractivity contribution >= 4 is 5.78 Å². The van der Waals surface area contributed by atoms with Crippen LogP contribution in [0.15, 0.2) is 30.3 Å². The fourth-order valence-corrected chi connectivity index (χ4v) is 3.42. The zero-order valence-corrected chi connectivity index (χ0v) is 13.0. The number of Topliss-reactive ketones (excluding diaryl/α,β-unsaturated/α-hetero) is 1. The van der Waals surface area contributed by atoms with Crippen LogP contribution in [0.25, 0.3) is 0 Å². The molecule has 2 heterocycles. The normalized spacial score (nSPS) is 27.5. The van der Waals surface area contributed by atoms with E-state index in [0.29, 0.717) is 37.5 Å². The summed E-state index contributed by atoms with van der Waals surface area (Å²) in [6.45, 7) is 2.78. The Kier molecular flexibility index (Phi) is 5.59. The minimum absolute atomic E-state index is 0.217. The van der Waals surface area contributed by atoms with Crippen LogP contribution in [0.2, 0.25) is 0 Å². The number of piperidine rings is 1. The Labute approximate surface area is 132 Å². The van der Waals surface area contributed by atoms with Gasteiger partial charge in [-0.2, -0.15) is 0 Å². The van der Waals surface area contributed by atoms with Crippen molar-refractivity contribution in [1.82, 2.24) is 5.32 Å². The van der Waals surface area contributed by atoms with Gasteiger partial charge in [0, 0.05) is 31.0 Å². The lowest BCUT2D eigenvalue weighted by Crippen LogP contribution is -2.55. The molecular formula is C18H25NO3. The number of hydrogen-bond acceptors (Lipinski definition) is 4. The van der Waals surface area contributed by atoms with E-state index in [-0.39, 0.29) is 5.92 Å². The molecule has 120 valence electrons. The summed E-state index contributed by atoms with van der Waals surface area (Å²) in [4.78, 5) is 12.3. The van der Waals surface area contributed by atoms with Crippen LogP contribution in [-0.2, 0) is 20.9 Å². The second kappa shape index (κ2) is 7.86. The second-order valence-corrected chi connectivity index (χ2v) is 6.37. The molecule has 0 aromatic heterocycles. The maximum absolute atomic E-state index is 12.3. The van der Waals surface area contributed by atoms with Gasteiger partial charge in [-0.3, -0.25) is 4.79 Å². The predicted molar refractivity (Wildman–Crippen MR) is 84.6 cm³/mol. The first-order valence-corrected chi connectivity index (χ1v) is 8.29. The molecule has 2 aliphatic heterocycles. The van der Waals surface area contributed by atoms with Crippen LogP contribution < -0.4 is 5.32 Å². The third kappa shape index (κ3) is 4.38. The molecule has 1 aromatic rings. The number of benzene rings is 1. The van der Waals surface area contributed by atoms with Gasteiger partial charge in [0.2, 0.25) is 0 Å². The molecule has 2 aliphatic rings. The lowest BCUT2D eigenvalue weighted by Gasteiger charge is -2.39. The third-order valence-electron chi connectivity index (χ3n) is 4.53. The zero-order valence-electron chi connectivity index (χ0n) is 13.0. The van der Waals surface area contributed by atoms with E-state index in [4.69, 9.17) is 9.47 Å². The van der Waals surface area contributed by atoms with Crippen molar-refractivity contribution in [2.24, 2.45) is 5.92 Å². The van der Waals surface area contributed by atoms with E-state index < -0.39 is 0 Å². The zero-order chi connectivity index (χ0) is 15.2. The Hall–Kier alpha value is -1.23. The van der Waals surface area contributed by atoms with E-state index in [1.807, 2.05) is 18.2 Å². The van der Waals surface area contributed by atoms with Crippen molar-refractivity contribution in [1.29, 1.82) is 0 Å². The number of rotatable bonds is 7. The molecule has 2 bridgehead atoms. The number of nitrogens with one attached hydrogen (secondary N) is 1. The summed E-state index contributed by atoms with van der Waals surface area (Å²) in [6, 6.07) is 10.9. The van der Waals surface area contributed by atoms with Crippen molar-refractivity contribution in [2.45, 2.75) is 44.4 Å². The summed E-state index contributed by atoms with van der Waals surface area (Å²) in [5, 5.41) is 3.53. The first kappa shape index (κ1) is 15.7. The van der Waals surface area contributed by atoms with Crippen molar-refractivity contribution in [3.8, 4) is 0 Å². The number of hydrogen-bond donors (Lipinski definition) is 1. The molecule has 4 heteroatoms. The molecule has 4 nitrogen and oxygen atoms in total. The van der Waals surface area contributed by atoms with E-state index >= 15 is 0 Å². The van der Waals surface area contributed by atoms with Gasteiger partial charge < -0.3 is 14.8 Å². The van der Waals surface area contributed by atoms with Gasteiger partial charge in [-0.05, 0) is 24.8 Å². The van der Waals surface area contributed by atoms with Gasteiger partial charge in [0.05, 0.1) is 19.8 Å².